The maximum atomic E-state index is 14.4. The number of rotatable bonds is 7. The molecule has 1 aliphatic heterocycles. The lowest BCUT2D eigenvalue weighted by molar-refractivity contribution is -0.183. The fourth-order valence-corrected chi connectivity index (χ4v) is 5.71. The Balaban J connectivity index is 1.41. The van der Waals surface area contributed by atoms with Gasteiger partial charge in [0, 0.05) is 44.0 Å². The van der Waals surface area contributed by atoms with Gasteiger partial charge in [-0.3, -0.25) is 14.3 Å². The van der Waals surface area contributed by atoms with Crippen molar-refractivity contribution in [3.63, 3.8) is 0 Å². The Hall–Kier alpha value is -3.65. The average Bonchev–Trinajstić information content (AvgIpc) is 3.54. The molecule has 0 unspecified atom stereocenters. The van der Waals surface area contributed by atoms with E-state index in [0.717, 1.165) is 0 Å². The molecule has 2 aliphatic rings. The van der Waals surface area contributed by atoms with Gasteiger partial charge in [0.15, 0.2) is 0 Å². The van der Waals surface area contributed by atoms with Crippen LogP contribution in [0.1, 0.15) is 79.9 Å². The van der Waals surface area contributed by atoms with E-state index in [4.69, 9.17) is 0 Å². The summed E-state index contributed by atoms with van der Waals surface area (Å²) in [5.41, 5.74) is 0.828. The van der Waals surface area contributed by atoms with E-state index in [1.54, 1.807) is 6.07 Å². The molecule has 0 spiro atoms. The van der Waals surface area contributed by atoms with Crippen LogP contribution in [-0.4, -0.2) is 59.8 Å². The maximum Gasteiger partial charge on any atom is 0.393 e. The minimum absolute atomic E-state index is 0.0664. The van der Waals surface area contributed by atoms with Crippen molar-refractivity contribution in [2.45, 2.75) is 76.6 Å². The number of aromatic nitrogens is 6. The third kappa shape index (κ3) is 6.32. The van der Waals surface area contributed by atoms with Crippen molar-refractivity contribution < 1.29 is 31.5 Å². The van der Waals surface area contributed by atoms with Crippen LogP contribution in [0.25, 0.3) is 5.78 Å². The van der Waals surface area contributed by atoms with Crippen LogP contribution < -0.4 is 10.6 Å². The SMILES string of the molecule is CC(C)n1nccc1C(=O)N[C@H](c1cn2nc(C[C@H]3C[C@@H](C(F)(F)F)CNC3=O)cnc2n1)[C@@H]1CCCC(F)(F)C1. The number of nitrogens with zero attached hydrogens (tertiary/aromatic N) is 6. The number of hydrogen-bond donors (Lipinski definition) is 2. The molecule has 0 radical (unpaired) electrons. The van der Waals surface area contributed by atoms with Gasteiger partial charge in [-0.25, -0.2) is 23.3 Å². The molecule has 15 heteroatoms. The number of halogens is 5. The first-order valence-electron chi connectivity index (χ1n) is 13.6. The van der Waals surface area contributed by atoms with Crippen LogP contribution in [-0.2, 0) is 11.2 Å². The third-order valence-corrected chi connectivity index (χ3v) is 7.78. The second-order valence-electron chi connectivity index (χ2n) is 11.2. The zero-order valence-electron chi connectivity index (χ0n) is 22.5. The number of alkyl halides is 5. The molecule has 0 aromatic carbocycles. The molecule has 41 heavy (non-hydrogen) atoms. The summed E-state index contributed by atoms with van der Waals surface area (Å²) in [6.45, 7) is 3.26. The molecule has 2 N–H and O–H groups in total. The zero-order chi connectivity index (χ0) is 29.5. The highest BCUT2D eigenvalue weighted by Gasteiger charge is 2.45. The summed E-state index contributed by atoms with van der Waals surface area (Å²) in [6, 6.07) is 0.557. The molecular weight excluding hydrogens is 551 g/mol. The fourth-order valence-electron chi connectivity index (χ4n) is 5.71. The molecule has 4 heterocycles. The van der Waals surface area contributed by atoms with E-state index in [1.165, 1.54) is 27.8 Å². The fraction of sp³-hybridized carbons (Fsp3) is 0.615. The van der Waals surface area contributed by atoms with Gasteiger partial charge in [-0.2, -0.15) is 23.4 Å². The Kier molecular flexibility index (Phi) is 7.72. The minimum Gasteiger partial charge on any atom is -0.355 e. The first-order chi connectivity index (χ1) is 19.3. The lowest BCUT2D eigenvalue weighted by Gasteiger charge is -2.34. The molecule has 4 atom stereocenters. The molecule has 0 bridgehead atoms. The van der Waals surface area contributed by atoms with Crippen molar-refractivity contribution >= 4 is 17.6 Å². The predicted molar refractivity (Wildman–Crippen MR) is 135 cm³/mol. The van der Waals surface area contributed by atoms with Crippen LogP contribution in [0.2, 0.25) is 0 Å². The second-order valence-corrected chi connectivity index (χ2v) is 11.2. The Labute approximate surface area is 232 Å². The molecule has 5 rings (SSSR count). The monoisotopic (exact) mass is 582 g/mol. The highest BCUT2D eigenvalue weighted by molar-refractivity contribution is 5.92. The molecule has 1 aliphatic carbocycles. The normalized spacial score (nSPS) is 23.9. The van der Waals surface area contributed by atoms with Gasteiger partial charge in [0.25, 0.3) is 11.7 Å². The molecule has 10 nitrogen and oxygen atoms in total. The summed E-state index contributed by atoms with van der Waals surface area (Å²) in [7, 11) is 0. The van der Waals surface area contributed by atoms with Gasteiger partial charge in [0.05, 0.1) is 35.7 Å². The first kappa shape index (κ1) is 28.9. The molecule has 1 saturated carbocycles. The van der Waals surface area contributed by atoms with Crippen molar-refractivity contribution in [2.24, 2.45) is 17.8 Å². The highest BCUT2D eigenvalue weighted by Crippen LogP contribution is 2.42. The molecule has 2 amide bonds. The van der Waals surface area contributed by atoms with Gasteiger partial charge >= 0.3 is 6.18 Å². The van der Waals surface area contributed by atoms with Crippen LogP contribution in [0, 0.1) is 17.8 Å². The summed E-state index contributed by atoms with van der Waals surface area (Å²) in [5.74, 6) is -6.94. The lowest BCUT2D eigenvalue weighted by atomic mass is 9.80. The summed E-state index contributed by atoms with van der Waals surface area (Å²) >= 11 is 0. The average molecular weight is 583 g/mol. The van der Waals surface area contributed by atoms with Gasteiger partial charge in [0.2, 0.25) is 11.8 Å². The first-order valence-corrected chi connectivity index (χ1v) is 13.6. The summed E-state index contributed by atoms with van der Waals surface area (Å²) < 4.78 is 71.4. The molecule has 3 aromatic rings. The Morgan fingerprint density at radius 3 is 2.78 bits per heavy atom. The number of fused-ring (bicyclic) bond motifs is 1. The number of nitrogens with one attached hydrogen (secondary N) is 2. The van der Waals surface area contributed by atoms with E-state index in [0.29, 0.717) is 6.42 Å². The van der Waals surface area contributed by atoms with Gasteiger partial charge < -0.3 is 10.6 Å². The van der Waals surface area contributed by atoms with E-state index in [2.05, 4.69) is 30.8 Å². The zero-order valence-corrected chi connectivity index (χ0v) is 22.5. The second kappa shape index (κ2) is 11.0. The van der Waals surface area contributed by atoms with Crippen molar-refractivity contribution in [1.82, 2.24) is 40.0 Å². The van der Waals surface area contributed by atoms with Crippen LogP contribution in [0.3, 0.4) is 0 Å². The van der Waals surface area contributed by atoms with E-state index < -0.39 is 60.7 Å². The van der Waals surface area contributed by atoms with Crippen molar-refractivity contribution in [2.75, 3.05) is 6.54 Å². The predicted octanol–water partition coefficient (Wildman–Crippen LogP) is 4.06. The van der Waals surface area contributed by atoms with E-state index in [9.17, 15) is 31.5 Å². The lowest BCUT2D eigenvalue weighted by Crippen LogP contribution is -2.47. The van der Waals surface area contributed by atoms with E-state index in [1.807, 2.05) is 13.8 Å². The number of carbonyl (C=O) groups excluding carboxylic acids is 2. The van der Waals surface area contributed by atoms with Crippen molar-refractivity contribution in [3.8, 4) is 0 Å². The standard InChI is InChI=1S/C26H31F5N8O2/c1-14(2)39-20(5-7-34-39)23(41)36-21(15-4-3-6-25(27,28)10-15)19-13-38-24(35-19)33-12-18(37-38)9-16-8-17(26(29,30)31)11-32-22(16)40/h5,7,12-17,21H,3-4,6,8-11H2,1-2H3,(H,32,40)(H,36,41)/t15-,16-,17-,21+/m1/s1. The third-order valence-electron chi connectivity index (χ3n) is 7.78. The quantitative estimate of drug-likeness (QED) is 0.406. The van der Waals surface area contributed by atoms with Crippen LogP contribution in [0.4, 0.5) is 22.0 Å². The minimum atomic E-state index is -4.43. The molecule has 1 saturated heterocycles. The van der Waals surface area contributed by atoms with Gasteiger partial charge in [0.1, 0.15) is 5.69 Å². The van der Waals surface area contributed by atoms with Crippen molar-refractivity contribution in [1.29, 1.82) is 0 Å². The van der Waals surface area contributed by atoms with Crippen molar-refractivity contribution in [3.05, 3.63) is 41.7 Å². The van der Waals surface area contributed by atoms with E-state index >= 15 is 0 Å². The van der Waals surface area contributed by atoms with Crippen LogP contribution in [0.15, 0.2) is 24.7 Å². The Morgan fingerprint density at radius 1 is 1.29 bits per heavy atom. The molecule has 3 aromatic heterocycles. The molecule has 222 valence electrons. The number of carbonyl (C=O) groups is 2. The Morgan fingerprint density at radius 2 is 2.07 bits per heavy atom. The summed E-state index contributed by atoms with van der Waals surface area (Å²) in [6.07, 6.45) is -0.492. The number of amides is 2. The summed E-state index contributed by atoms with van der Waals surface area (Å²) in [5, 5.41) is 13.8. The molecule has 2 fully saturated rings. The maximum absolute atomic E-state index is 14.4. The van der Waals surface area contributed by atoms with Crippen LogP contribution in [0.5, 0.6) is 0 Å². The van der Waals surface area contributed by atoms with Gasteiger partial charge in [-0.05, 0) is 45.1 Å². The Bertz CT molecular complexity index is 1420. The van der Waals surface area contributed by atoms with E-state index in [-0.39, 0.29) is 54.6 Å². The topological polar surface area (TPSA) is 119 Å². The van der Waals surface area contributed by atoms with Gasteiger partial charge in [-0.1, -0.05) is 0 Å². The van der Waals surface area contributed by atoms with Gasteiger partial charge in [-0.15, -0.1) is 0 Å². The number of imidazole rings is 1. The summed E-state index contributed by atoms with van der Waals surface area (Å²) in [4.78, 5) is 34.3. The highest BCUT2D eigenvalue weighted by atomic mass is 19.4. The number of piperidine rings is 1. The smallest absolute Gasteiger partial charge is 0.355 e. The largest absolute Gasteiger partial charge is 0.393 e. The molecular formula is C26H31F5N8O2. The number of hydrogen-bond acceptors (Lipinski definition) is 6. The van der Waals surface area contributed by atoms with Crippen LogP contribution >= 0.6 is 0 Å².